The molecule has 0 aliphatic rings. The molecular weight excluding hydrogens is 388 g/mol. The summed E-state index contributed by atoms with van der Waals surface area (Å²) in [6, 6.07) is 14.1. The van der Waals surface area contributed by atoms with Crippen LogP contribution in [0, 0.1) is 12.7 Å². The van der Waals surface area contributed by atoms with Gasteiger partial charge in [-0.25, -0.2) is 4.39 Å². The molecule has 2 aromatic rings. The van der Waals surface area contributed by atoms with Crippen LogP contribution in [0.15, 0.2) is 42.5 Å². The Morgan fingerprint density at radius 3 is 2.31 bits per heavy atom. The molecule has 0 spiro atoms. The first-order valence-electron chi connectivity index (χ1n) is 10.4. The third-order valence-electron chi connectivity index (χ3n) is 5.13. The summed E-state index contributed by atoms with van der Waals surface area (Å²) in [6.45, 7) is 2.84. The van der Waals surface area contributed by atoms with Crippen molar-refractivity contribution in [2.45, 2.75) is 58.4 Å². The van der Waals surface area contributed by atoms with Gasteiger partial charge in [0.1, 0.15) is 5.82 Å². The highest BCUT2D eigenvalue weighted by molar-refractivity contribution is 7.51. The summed E-state index contributed by atoms with van der Waals surface area (Å²) in [6.07, 6.45) is 6.82. The molecule has 0 amide bonds. The molecule has 0 fully saturated rings. The highest BCUT2D eigenvalue weighted by Gasteiger charge is 2.12. The number of aryl methyl sites for hydroxylation is 3. The smallest absolute Gasteiger partial charge is 0.324 e. The van der Waals surface area contributed by atoms with Gasteiger partial charge in [-0.3, -0.25) is 4.57 Å². The molecular formula is C23H33FNO3P. The van der Waals surface area contributed by atoms with Gasteiger partial charge in [0.25, 0.3) is 0 Å². The Balaban J connectivity index is 1.68. The lowest BCUT2D eigenvalue weighted by molar-refractivity contribution is 0.371. The van der Waals surface area contributed by atoms with Gasteiger partial charge in [-0.1, -0.05) is 49.2 Å². The minimum absolute atomic E-state index is 0.147. The van der Waals surface area contributed by atoms with E-state index in [1.54, 1.807) is 6.07 Å². The van der Waals surface area contributed by atoms with Gasteiger partial charge in [0.05, 0.1) is 6.16 Å². The lowest BCUT2D eigenvalue weighted by Crippen LogP contribution is -2.17. The first-order chi connectivity index (χ1) is 13.8. The van der Waals surface area contributed by atoms with Crippen molar-refractivity contribution in [3.05, 3.63) is 70.5 Å². The summed E-state index contributed by atoms with van der Waals surface area (Å²) in [5, 5.41) is 3.06. The molecule has 0 bridgehead atoms. The zero-order chi connectivity index (χ0) is 21.1. The van der Waals surface area contributed by atoms with Crippen LogP contribution in [0.1, 0.15) is 54.4 Å². The van der Waals surface area contributed by atoms with Crippen molar-refractivity contribution < 1.29 is 18.7 Å². The Labute approximate surface area is 173 Å². The molecule has 2 rings (SSSR count). The van der Waals surface area contributed by atoms with Crippen LogP contribution < -0.4 is 5.32 Å². The van der Waals surface area contributed by atoms with Crippen molar-refractivity contribution in [2.75, 3.05) is 12.7 Å². The van der Waals surface area contributed by atoms with Crippen LogP contribution in [0.2, 0.25) is 0 Å². The fourth-order valence-electron chi connectivity index (χ4n) is 3.46. The zero-order valence-electron chi connectivity index (χ0n) is 17.2. The number of rotatable bonds is 13. The van der Waals surface area contributed by atoms with E-state index in [1.807, 2.05) is 19.1 Å². The van der Waals surface area contributed by atoms with E-state index in [4.69, 9.17) is 9.79 Å². The highest BCUT2D eigenvalue weighted by Crippen LogP contribution is 2.34. The third-order valence-corrected chi connectivity index (χ3v) is 6.03. The second kappa shape index (κ2) is 12.2. The van der Waals surface area contributed by atoms with Gasteiger partial charge in [0, 0.05) is 12.1 Å². The van der Waals surface area contributed by atoms with Crippen LogP contribution in [0.3, 0.4) is 0 Å². The summed E-state index contributed by atoms with van der Waals surface area (Å²) < 4.78 is 25.2. The molecule has 0 atom stereocenters. The first-order valence-corrected chi connectivity index (χ1v) is 12.2. The molecule has 0 heterocycles. The Kier molecular flexibility index (Phi) is 10.0. The van der Waals surface area contributed by atoms with Crippen LogP contribution in [0.5, 0.6) is 0 Å². The first kappa shape index (κ1) is 23.8. The van der Waals surface area contributed by atoms with Crippen molar-refractivity contribution in [3.63, 3.8) is 0 Å². The van der Waals surface area contributed by atoms with E-state index in [2.05, 4.69) is 29.6 Å². The summed E-state index contributed by atoms with van der Waals surface area (Å²) >= 11 is 0. The average Bonchev–Trinajstić information content (AvgIpc) is 2.67. The highest BCUT2D eigenvalue weighted by atomic mass is 31.2. The molecule has 2 aromatic carbocycles. The van der Waals surface area contributed by atoms with E-state index in [1.165, 1.54) is 18.4 Å². The molecule has 6 heteroatoms. The van der Waals surface area contributed by atoms with Gasteiger partial charge in [-0.2, -0.15) is 0 Å². The summed E-state index contributed by atoms with van der Waals surface area (Å²) in [4.78, 5) is 17.7. The molecule has 0 saturated carbocycles. The second-order valence-corrected chi connectivity index (χ2v) is 9.47. The topological polar surface area (TPSA) is 69.6 Å². The lowest BCUT2D eigenvalue weighted by atomic mass is 9.98. The van der Waals surface area contributed by atoms with Crippen molar-refractivity contribution in [2.24, 2.45) is 0 Å². The van der Waals surface area contributed by atoms with Gasteiger partial charge in [0.15, 0.2) is 0 Å². The summed E-state index contributed by atoms with van der Waals surface area (Å²) in [7, 11) is -3.95. The van der Waals surface area contributed by atoms with Gasteiger partial charge in [-0.15, -0.1) is 0 Å². The van der Waals surface area contributed by atoms with E-state index in [-0.39, 0.29) is 12.0 Å². The molecule has 0 saturated heterocycles. The predicted octanol–water partition coefficient (Wildman–Crippen LogP) is 5.14. The maximum Gasteiger partial charge on any atom is 0.325 e. The minimum Gasteiger partial charge on any atom is -0.324 e. The Morgan fingerprint density at radius 2 is 1.62 bits per heavy atom. The molecule has 4 nitrogen and oxygen atoms in total. The average molecular weight is 421 g/mol. The number of benzene rings is 2. The van der Waals surface area contributed by atoms with Gasteiger partial charge >= 0.3 is 7.60 Å². The fourth-order valence-corrected chi connectivity index (χ4v) is 4.03. The quantitative estimate of drug-likeness (QED) is 0.310. The Bertz CT molecular complexity index is 792. The van der Waals surface area contributed by atoms with Gasteiger partial charge in [0.2, 0.25) is 0 Å². The SMILES string of the molecule is Cc1cc(CNCCCP(=O)(O)O)c(F)cc1CCCCCCc1ccccc1. The molecule has 29 heavy (non-hydrogen) atoms. The van der Waals surface area contributed by atoms with Gasteiger partial charge < -0.3 is 15.1 Å². The molecule has 0 aliphatic heterocycles. The largest absolute Gasteiger partial charge is 0.325 e. The van der Waals surface area contributed by atoms with Crippen LogP contribution >= 0.6 is 7.60 Å². The molecule has 3 N–H and O–H groups in total. The third kappa shape index (κ3) is 9.68. The monoisotopic (exact) mass is 421 g/mol. The fraction of sp³-hybridized carbons (Fsp3) is 0.478. The van der Waals surface area contributed by atoms with Crippen LogP contribution in [-0.2, 0) is 24.0 Å². The summed E-state index contributed by atoms with van der Waals surface area (Å²) in [5.41, 5.74) is 4.15. The number of unbranched alkanes of at least 4 members (excludes halogenated alkanes) is 3. The number of hydrogen-bond acceptors (Lipinski definition) is 2. The van der Waals surface area contributed by atoms with Crippen LogP contribution in [-0.4, -0.2) is 22.5 Å². The van der Waals surface area contributed by atoms with Crippen molar-refractivity contribution in [1.29, 1.82) is 0 Å². The maximum absolute atomic E-state index is 14.4. The Morgan fingerprint density at radius 1 is 0.931 bits per heavy atom. The van der Waals surface area contributed by atoms with Crippen molar-refractivity contribution >= 4 is 7.60 Å². The lowest BCUT2D eigenvalue weighted by Gasteiger charge is -2.11. The van der Waals surface area contributed by atoms with Crippen molar-refractivity contribution in [1.82, 2.24) is 5.32 Å². The zero-order valence-corrected chi connectivity index (χ0v) is 18.1. The maximum atomic E-state index is 14.4. The van der Waals surface area contributed by atoms with Crippen LogP contribution in [0.4, 0.5) is 4.39 Å². The van der Waals surface area contributed by atoms with Crippen LogP contribution in [0.25, 0.3) is 0 Å². The van der Waals surface area contributed by atoms with Crippen molar-refractivity contribution in [3.8, 4) is 0 Å². The normalized spacial score (nSPS) is 11.7. The minimum atomic E-state index is -3.95. The molecule has 0 radical (unpaired) electrons. The molecule has 0 unspecified atom stereocenters. The Hall–Kier alpha value is -1.52. The summed E-state index contributed by atoms with van der Waals surface area (Å²) in [5.74, 6) is -0.211. The molecule has 0 aromatic heterocycles. The van der Waals surface area contributed by atoms with E-state index >= 15 is 0 Å². The van der Waals surface area contributed by atoms with E-state index in [9.17, 15) is 8.96 Å². The standard InChI is InChI=1S/C23H33FNO3P/c1-19-16-22(18-25-14-9-15-29(26,27)28)23(24)17-21(19)13-8-3-2-5-10-20-11-6-4-7-12-20/h4,6-7,11-12,16-17,25H,2-3,5,8-10,13-15,18H2,1H3,(H2,26,27,28). The van der Waals surface area contributed by atoms with E-state index in [0.29, 0.717) is 25.1 Å². The van der Waals surface area contributed by atoms with Gasteiger partial charge in [-0.05, 0) is 68.3 Å². The second-order valence-electron chi connectivity index (χ2n) is 7.69. The molecule has 160 valence electrons. The molecule has 0 aliphatic carbocycles. The number of nitrogens with one attached hydrogen (secondary N) is 1. The van der Waals surface area contributed by atoms with E-state index < -0.39 is 7.60 Å². The predicted molar refractivity (Wildman–Crippen MR) is 117 cm³/mol. The number of halogens is 1. The van der Waals surface area contributed by atoms with E-state index in [0.717, 1.165) is 36.8 Å². The number of hydrogen-bond donors (Lipinski definition) is 3.